The summed E-state index contributed by atoms with van der Waals surface area (Å²) in [7, 11) is 0. The molecule has 2 atom stereocenters. The summed E-state index contributed by atoms with van der Waals surface area (Å²) in [4.78, 5) is 22.2. The van der Waals surface area contributed by atoms with Crippen molar-refractivity contribution in [3.05, 3.63) is 0 Å². The highest BCUT2D eigenvalue weighted by Gasteiger charge is 2.48. The predicted octanol–water partition coefficient (Wildman–Crippen LogP) is 2.12. The zero-order valence-corrected chi connectivity index (χ0v) is 10.7. The number of hydrogen-bond donors (Lipinski definition) is 1. The molecule has 1 amide bonds. The molecule has 1 rings (SSSR count). The highest BCUT2D eigenvalue weighted by atomic mass is 16.6. The summed E-state index contributed by atoms with van der Waals surface area (Å²) in [6.07, 6.45) is 1.39. The first kappa shape index (κ1) is 13.0. The molecule has 0 heterocycles. The highest BCUT2D eigenvalue weighted by molar-refractivity contribution is 5.69. The van der Waals surface area contributed by atoms with Gasteiger partial charge in [-0.1, -0.05) is 0 Å². The van der Waals surface area contributed by atoms with E-state index in [9.17, 15) is 9.59 Å². The van der Waals surface area contributed by atoms with Crippen LogP contribution in [0.25, 0.3) is 0 Å². The Bertz CT molecular complexity index is 291. The maximum atomic E-state index is 11.6. The third kappa shape index (κ3) is 3.51. The molecule has 0 aliphatic heterocycles. The number of rotatable bonds is 3. The van der Waals surface area contributed by atoms with Crippen LogP contribution >= 0.6 is 0 Å². The van der Waals surface area contributed by atoms with Crippen molar-refractivity contribution in [1.82, 2.24) is 5.32 Å². The van der Waals surface area contributed by atoms with Gasteiger partial charge in [-0.05, 0) is 47.0 Å². The summed E-state index contributed by atoms with van der Waals surface area (Å²) in [6, 6.07) is 0. The second-order valence-electron chi connectivity index (χ2n) is 5.99. The van der Waals surface area contributed by atoms with E-state index >= 15 is 0 Å². The maximum absolute atomic E-state index is 11.6. The molecule has 0 spiro atoms. The SMILES string of the molecule is CC(C)(C)OC(=O)NC(C)(C)[C@@H]1C[C@H]1C=O. The van der Waals surface area contributed by atoms with E-state index in [-0.39, 0.29) is 17.4 Å². The molecular weight excluding hydrogens is 206 g/mol. The standard InChI is InChI=1S/C12H21NO3/c1-11(2,3)16-10(15)13-12(4,5)9-6-8(9)7-14/h7-9H,6H2,1-5H3,(H,13,15)/t8-,9+/m0/s1. The van der Waals surface area contributed by atoms with Crippen molar-refractivity contribution < 1.29 is 14.3 Å². The van der Waals surface area contributed by atoms with Gasteiger partial charge in [-0.15, -0.1) is 0 Å². The molecule has 0 radical (unpaired) electrons. The molecule has 1 saturated carbocycles. The van der Waals surface area contributed by atoms with Gasteiger partial charge in [-0.2, -0.15) is 0 Å². The van der Waals surface area contributed by atoms with Crippen LogP contribution in [0, 0.1) is 11.8 Å². The van der Waals surface area contributed by atoms with Crippen molar-refractivity contribution in [2.75, 3.05) is 0 Å². The number of carbonyl (C=O) groups is 2. The summed E-state index contributed by atoms with van der Waals surface area (Å²) in [5.74, 6) is 0.322. The lowest BCUT2D eigenvalue weighted by atomic mass is 9.97. The lowest BCUT2D eigenvalue weighted by molar-refractivity contribution is -0.109. The van der Waals surface area contributed by atoms with Gasteiger partial charge in [0.25, 0.3) is 0 Å². The third-order valence-corrected chi connectivity index (χ3v) is 2.76. The molecule has 1 N–H and O–H groups in total. The maximum Gasteiger partial charge on any atom is 0.408 e. The minimum absolute atomic E-state index is 0.0879. The number of carbonyl (C=O) groups excluding carboxylic acids is 2. The molecule has 1 aliphatic rings. The van der Waals surface area contributed by atoms with Gasteiger partial charge in [0.05, 0.1) is 0 Å². The van der Waals surface area contributed by atoms with Crippen molar-refractivity contribution in [3.8, 4) is 0 Å². The minimum Gasteiger partial charge on any atom is -0.444 e. The van der Waals surface area contributed by atoms with Gasteiger partial charge in [0.2, 0.25) is 0 Å². The van der Waals surface area contributed by atoms with E-state index in [0.717, 1.165) is 12.7 Å². The zero-order chi connectivity index (χ0) is 12.6. The summed E-state index contributed by atoms with van der Waals surface area (Å²) in [6.45, 7) is 9.32. The van der Waals surface area contributed by atoms with E-state index in [2.05, 4.69) is 5.32 Å². The van der Waals surface area contributed by atoms with E-state index in [1.165, 1.54) is 0 Å². The lowest BCUT2D eigenvalue weighted by Gasteiger charge is -2.28. The lowest BCUT2D eigenvalue weighted by Crippen LogP contribution is -2.47. The van der Waals surface area contributed by atoms with Crippen molar-refractivity contribution >= 4 is 12.4 Å². The molecule has 0 aromatic rings. The zero-order valence-electron chi connectivity index (χ0n) is 10.7. The fourth-order valence-corrected chi connectivity index (χ4v) is 1.85. The van der Waals surface area contributed by atoms with Crippen LogP contribution in [0.5, 0.6) is 0 Å². The predicted molar refractivity (Wildman–Crippen MR) is 61.1 cm³/mol. The van der Waals surface area contributed by atoms with E-state index in [1.807, 2.05) is 34.6 Å². The molecular formula is C12H21NO3. The smallest absolute Gasteiger partial charge is 0.408 e. The van der Waals surface area contributed by atoms with E-state index in [4.69, 9.17) is 4.74 Å². The largest absolute Gasteiger partial charge is 0.444 e. The normalized spacial score (nSPS) is 24.8. The van der Waals surface area contributed by atoms with Crippen LogP contribution in [0.15, 0.2) is 0 Å². The van der Waals surface area contributed by atoms with E-state index in [1.54, 1.807) is 0 Å². The van der Waals surface area contributed by atoms with Crippen LogP contribution in [-0.4, -0.2) is 23.5 Å². The molecule has 0 aromatic carbocycles. The first-order valence-electron chi connectivity index (χ1n) is 5.62. The minimum atomic E-state index is -0.492. The first-order chi connectivity index (χ1) is 7.15. The van der Waals surface area contributed by atoms with Crippen LogP contribution in [0.4, 0.5) is 4.79 Å². The van der Waals surface area contributed by atoms with Crippen molar-refractivity contribution in [3.63, 3.8) is 0 Å². The topological polar surface area (TPSA) is 55.4 Å². The van der Waals surface area contributed by atoms with Gasteiger partial charge in [0.1, 0.15) is 11.9 Å². The highest BCUT2D eigenvalue weighted by Crippen LogP contribution is 2.44. The monoisotopic (exact) mass is 227 g/mol. The van der Waals surface area contributed by atoms with Crippen molar-refractivity contribution in [1.29, 1.82) is 0 Å². The van der Waals surface area contributed by atoms with E-state index < -0.39 is 11.7 Å². The summed E-state index contributed by atoms with van der Waals surface area (Å²) in [5, 5.41) is 2.82. The molecule has 0 bridgehead atoms. The molecule has 1 fully saturated rings. The average Bonchev–Trinajstić information content (AvgIpc) is 2.76. The van der Waals surface area contributed by atoms with Crippen LogP contribution in [0.3, 0.4) is 0 Å². The molecule has 0 aromatic heterocycles. The molecule has 92 valence electrons. The fourth-order valence-electron chi connectivity index (χ4n) is 1.85. The molecule has 0 unspecified atom stereocenters. The van der Waals surface area contributed by atoms with Crippen molar-refractivity contribution in [2.24, 2.45) is 11.8 Å². The van der Waals surface area contributed by atoms with E-state index in [0.29, 0.717) is 0 Å². The fraction of sp³-hybridized carbons (Fsp3) is 0.833. The third-order valence-electron chi connectivity index (χ3n) is 2.76. The Morgan fingerprint density at radius 1 is 1.31 bits per heavy atom. The molecule has 16 heavy (non-hydrogen) atoms. The van der Waals surface area contributed by atoms with Gasteiger partial charge >= 0.3 is 6.09 Å². The average molecular weight is 227 g/mol. The molecule has 1 aliphatic carbocycles. The van der Waals surface area contributed by atoms with Gasteiger partial charge in [0.15, 0.2) is 0 Å². The van der Waals surface area contributed by atoms with Gasteiger partial charge in [0, 0.05) is 11.5 Å². The second kappa shape index (κ2) is 4.07. The summed E-state index contributed by atoms with van der Waals surface area (Å²) < 4.78 is 5.18. The van der Waals surface area contributed by atoms with Crippen LogP contribution in [0.1, 0.15) is 41.0 Å². The second-order valence-corrected chi connectivity index (χ2v) is 5.99. The number of amides is 1. The summed E-state index contributed by atoms with van der Waals surface area (Å²) >= 11 is 0. The van der Waals surface area contributed by atoms with Gasteiger partial charge < -0.3 is 14.8 Å². The number of aldehydes is 1. The first-order valence-corrected chi connectivity index (χ1v) is 5.62. The van der Waals surface area contributed by atoms with Gasteiger partial charge in [-0.25, -0.2) is 4.79 Å². The Hall–Kier alpha value is -1.06. The number of ether oxygens (including phenoxy) is 1. The Kier molecular flexibility index (Phi) is 3.31. The Labute approximate surface area is 96.7 Å². The van der Waals surface area contributed by atoms with Crippen LogP contribution in [-0.2, 0) is 9.53 Å². The number of hydrogen-bond acceptors (Lipinski definition) is 3. The quantitative estimate of drug-likeness (QED) is 0.751. The summed E-state index contributed by atoms with van der Waals surface area (Å²) in [5.41, 5.74) is -0.873. The Morgan fingerprint density at radius 3 is 2.25 bits per heavy atom. The Balaban J connectivity index is 2.47. The molecule has 4 heteroatoms. The molecule has 0 saturated heterocycles. The number of alkyl carbamates (subject to hydrolysis) is 1. The van der Waals surface area contributed by atoms with Crippen LogP contribution in [0.2, 0.25) is 0 Å². The van der Waals surface area contributed by atoms with Crippen LogP contribution < -0.4 is 5.32 Å². The molecule has 4 nitrogen and oxygen atoms in total. The van der Waals surface area contributed by atoms with Gasteiger partial charge in [-0.3, -0.25) is 0 Å². The number of nitrogens with one attached hydrogen (secondary N) is 1. The Morgan fingerprint density at radius 2 is 1.88 bits per heavy atom. The van der Waals surface area contributed by atoms with Crippen molar-refractivity contribution in [2.45, 2.75) is 52.2 Å².